The van der Waals surface area contributed by atoms with Crippen molar-refractivity contribution in [1.29, 1.82) is 0 Å². The summed E-state index contributed by atoms with van der Waals surface area (Å²) in [6.07, 6.45) is -5.15. The highest BCUT2D eigenvalue weighted by Crippen LogP contribution is 2.50. The van der Waals surface area contributed by atoms with Gasteiger partial charge in [0, 0.05) is 30.6 Å². The summed E-state index contributed by atoms with van der Waals surface area (Å²) in [5.74, 6) is -5.40. The van der Waals surface area contributed by atoms with Crippen LogP contribution in [0.15, 0.2) is 17.8 Å². The summed E-state index contributed by atoms with van der Waals surface area (Å²) in [5, 5.41) is 5.15. The van der Waals surface area contributed by atoms with Gasteiger partial charge in [0.15, 0.2) is 0 Å². The number of rotatable bonds is 4. The fourth-order valence-electron chi connectivity index (χ4n) is 3.98. The molecule has 2 aliphatic heterocycles. The Morgan fingerprint density at radius 2 is 1.88 bits per heavy atom. The highest BCUT2D eigenvalue weighted by molar-refractivity contribution is 5.93. The van der Waals surface area contributed by atoms with E-state index in [9.17, 15) is 31.5 Å². The molecule has 0 bridgehead atoms. The number of alkyl halides is 5. The monoisotopic (exact) mass is 461 g/mol. The molecule has 2 heterocycles. The number of benzene rings is 1. The normalized spacial score (nSPS) is 18.4. The lowest BCUT2D eigenvalue weighted by molar-refractivity contribution is -0.289. The zero-order valence-electron chi connectivity index (χ0n) is 18.0. The maximum atomic E-state index is 14.3. The predicted molar refractivity (Wildman–Crippen MR) is 106 cm³/mol. The number of ether oxygens (including phenoxy) is 1. The van der Waals surface area contributed by atoms with Gasteiger partial charge in [-0.25, -0.2) is 4.79 Å². The van der Waals surface area contributed by atoms with Gasteiger partial charge >= 0.3 is 18.1 Å². The minimum atomic E-state index is -5.81. The van der Waals surface area contributed by atoms with Crippen molar-refractivity contribution in [2.75, 3.05) is 13.1 Å². The zero-order chi connectivity index (χ0) is 24.1. The van der Waals surface area contributed by atoms with Crippen molar-refractivity contribution in [3.63, 3.8) is 0 Å². The quantitative estimate of drug-likeness (QED) is 0.652. The molecule has 2 aliphatic rings. The molecular weight excluding hydrogens is 437 g/mol. The third-order valence-corrected chi connectivity index (χ3v) is 5.48. The van der Waals surface area contributed by atoms with E-state index in [1.807, 2.05) is 0 Å². The number of urea groups is 1. The Kier molecular flexibility index (Phi) is 5.90. The molecule has 3 amide bonds. The van der Waals surface area contributed by atoms with E-state index in [4.69, 9.17) is 4.74 Å². The summed E-state index contributed by atoms with van der Waals surface area (Å²) >= 11 is 0. The number of hydrogen-bond donors (Lipinski definition) is 2. The average Bonchev–Trinajstić information content (AvgIpc) is 3.07. The molecule has 1 aromatic carbocycles. The lowest BCUT2D eigenvalue weighted by Crippen LogP contribution is -2.48. The standard InChI is InChI=1S/C21H24F5N3O3/c1-5-27-18(31)28-17-16(29-10-6-7-14(29)30)15-11(2)12(20(22,23)21(24,25)26)8-9-13(15)32-19(17,3)4/h8-9H,5-7,10H2,1-4H3,(H2,27,28,31). The van der Waals surface area contributed by atoms with Gasteiger partial charge in [-0.2, -0.15) is 22.0 Å². The van der Waals surface area contributed by atoms with Crippen LogP contribution >= 0.6 is 0 Å². The van der Waals surface area contributed by atoms with Crippen molar-refractivity contribution in [3.8, 4) is 5.75 Å². The molecule has 0 atom stereocenters. The number of carbonyl (C=O) groups is 2. The smallest absolute Gasteiger partial charge is 0.458 e. The second-order valence-electron chi connectivity index (χ2n) is 8.15. The van der Waals surface area contributed by atoms with Gasteiger partial charge in [0.1, 0.15) is 11.4 Å². The van der Waals surface area contributed by atoms with Crippen molar-refractivity contribution in [1.82, 2.24) is 15.5 Å². The molecule has 11 heteroatoms. The first-order chi connectivity index (χ1) is 14.7. The van der Waals surface area contributed by atoms with Crippen LogP contribution in [0.5, 0.6) is 5.75 Å². The summed E-state index contributed by atoms with van der Waals surface area (Å²) in [7, 11) is 0. The topological polar surface area (TPSA) is 70.7 Å². The molecule has 0 radical (unpaired) electrons. The van der Waals surface area contributed by atoms with Crippen molar-refractivity contribution in [2.45, 2.75) is 58.2 Å². The first-order valence-corrected chi connectivity index (χ1v) is 10.1. The molecule has 0 aliphatic carbocycles. The van der Waals surface area contributed by atoms with E-state index in [2.05, 4.69) is 10.6 Å². The summed E-state index contributed by atoms with van der Waals surface area (Å²) in [6.45, 7) is 6.53. The molecule has 0 aromatic heterocycles. The largest absolute Gasteiger partial charge is 0.481 e. The second-order valence-corrected chi connectivity index (χ2v) is 8.15. The Hall–Kier alpha value is -2.85. The third kappa shape index (κ3) is 3.88. The van der Waals surface area contributed by atoms with Crippen LogP contribution in [0.2, 0.25) is 0 Å². The molecule has 0 spiro atoms. The van der Waals surface area contributed by atoms with E-state index in [-0.39, 0.29) is 53.7 Å². The first kappa shape index (κ1) is 23.8. The summed E-state index contributed by atoms with van der Waals surface area (Å²) in [5.41, 5.74) is -2.74. The van der Waals surface area contributed by atoms with Gasteiger partial charge in [0.2, 0.25) is 5.91 Å². The van der Waals surface area contributed by atoms with E-state index in [1.54, 1.807) is 20.8 Å². The van der Waals surface area contributed by atoms with E-state index in [0.717, 1.165) is 13.0 Å². The van der Waals surface area contributed by atoms with Crippen LogP contribution in [-0.2, 0) is 10.7 Å². The second kappa shape index (κ2) is 7.93. The van der Waals surface area contributed by atoms with Crippen molar-refractivity contribution >= 4 is 17.6 Å². The van der Waals surface area contributed by atoms with Crippen LogP contribution in [0.1, 0.15) is 50.3 Å². The minimum absolute atomic E-state index is 0.0466. The molecule has 6 nitrogen and oxygen atoms in total. The van der Waals surface area contributed by atoms with Gasteiger partial charge in [-0.15, -0.1) is 0 Å². The van der Waals surface area contributed by atoms with Crippen LogP contribution in [0.25, 0.3) is 5.70 Å². The molecule has 3 rings (SSSR count). The van der Waals surface area contributed by atoms with Crippen LogP contribution in [-0.4, -0.2) is 41.7 Å². The van der Waals surface area contributed by atoms with Gasteiger partial charge < -0.3 is 20.3 Å². The number of likely N-dealkylation sites (tertiary alicyclic amines) is 1. The molecule has 1 saturated heterocycles. The van der Waals surface area contributed by atoms with E-state index >= 15 is 0 Å². The molecule has 2 N–H and O–H groups in total. The summed E-state index contributed by atoms with van der Waals surface area (Å²) < 4.78 is 73.9. The lowest BCUT2D eigenvalue weighted by atomic mass is 9.88. The van der Waals surface area contributed by atoms with Crippen molar-refractivity contribution in [2.24, 2.45) is 0 Å². The molecule has 1 fully saturated rings. The molecule has 176 valence electrons. The maximum Gasteiger partial charge on any atom is 0.458 e. The summed E-state index contributed by atoms with van der Waals surface area (Å²) in [6, 6.07) is 1.10. The fraction of sp³-hybridized carbons (Fsp3) is 0.524. The van der Waals surface area contributed by atoms with Gasteiger partial charge in [0.05, 0.1) is 11.4 Å². The number of amides is 3. The Morgan fingerprint density at radius 1 is 1.22 bits per heavy atom. The van der Waals surface area contributed by atoms with E-state index < -0.39 is 29.3 Å². The highest BCUT2D eigenvalue weighted by Gasteiger charge is 2.60. The number of carbonyl (C=O) groups excluding carboxylic acids is 2. The molecular formula is C21H24F5N3O3. The summed E-state index contributed by atoms with van der Waals surface area (Å²) in [4.78, 5) is 26.2. The van der Waals surface area contributed by atoms with Gasteiger partial charge in [-0.05, 0) is 51.8 Å². The first-order valence-electron chi connectivity index (χ1n) is 10.1. The van der Waals surface area contributed by atoms with Crippen LogP contribution in [0, 0.1) is 6.92 Å². The molecule has 0 saturated carbocycles. The van der Waals surface area contributed by atoms with Gasteiger partial charge in [-0.3, -0.25) is 4.79 Å². The minimum Gasteiger partial charge on any atom is -0.481 e. The highest BCUT2D eigenvalue weighted by atomic mass is 19.4. The van der Waals surface area contributed by atoms with E-state index in [1.165, 1.54) is 4.90 Å². The Balaban J connectivity index is 2.32. The van der Waals surface area contributed by atoms with Crippen LogP contribution < -0.4 is 15.4 Å². The maximum absolute atomic E-state index is 14.3. The van der Waals surface area contributed by atoms with Crippen molar-refractivity contribution in [3.05, 3.63) is 34.5 Å². The van der Waals surface area contributed by atoms with Crippen LogP contribution in [0.3, 0.4) is 0 Å². The Labute approximate surface area is 181 Å². The number of nitrogens with zero attached hydrogens (tertiary/aromatic N) is 1. The average molecular weight is 461 g/mol. The number of fused-ring (bicyclic) bond motifs is 1. The van der Waals surface area contributed by atoms with Gasteiger partial charge in [0.25, 0.3) is 0 Å². The molecule has 32 heavy (non-hydrogen) atoms. The zero-order valence-corrected chi connectivity index (χ0v) is 18.0. The number of halogens is 5. The SMILES string of the molecule is CCNC(=O)NC1=C(N2CCCC2=O)c2c(ccc(C(F)(F)C(F)(F)F)c2C)OC1(C)C. The van der Waals surface area contributed by atoms with Gasteiger partial charge in [-0.1, -0.05) is 0 Å². The lowest BCUT2D eigenvalue weighted by Gasteiger charge is -2.40. The number of hydrogen-bond acceptors (Lipinski definition) is 3. The predicted octanol–water partition coefficient (Wildman–Crippen LogP) is 4.43. The Morgan fingerprint density at radius 3 is 2.41 bits per heavy atom. The molecule has 0 unspecified atom stereocenters. The third-order valence-electron chi connectivity index (χ3n) is 5.48. The fourth-order valence-corrected chi connectivity index (χ4v) is 3.98. The van der Waals surface area contributed by atoms with Crippen LogP contribution in [0.4, 0.5) is 26.7 Å². The number of nitrogens with one attached hydrogen (secondary N) is 2. The molecule has 1 aromatic rings. The Bertz CT molecular complexity index is 986. The van der Waals surface area contributed by atoms with Crippen molar-refractivity contribution < 1.29 is 36.3 Å². The van der Waals surface area contributed by atoms with E-state index in [0.29, 0.717) is 12.5 Å².